The molecule has 29 heavy (non-hydrogen) atoms. The minimum atomic E-state index is -3.94. The summed E-state index contributed by atoms with van der Waals surface area (Å²) in [5, 5.41) is 0.364. The molecule has 0 saturated carbocycles. The number of hydrogen-bond acceptors (Lipinski definition) is 4. The number of hydrogen-bond donors (Lipinski definition) is 2. The first-order valence-electron chi connectivity index (χ1n) is 8.24. The molecule has 3 aromatic rings. The molecule has 0 radical (unpaired) electrons. The molecular weight excluding hydrogens is 455 g/mol. The highest BCUT2D eigenvalue weighted by atomic mass is 35.5. The third kappa shape index (κ3) is 5.22. The van der Waals surface area contributed by atoms with Gasteiger partial charge in [0.05, 0.1) is 15.5 Å². The Bertz CT molecular complexity index is 1240. The number of rotatable bonds is 6. The molecule has 0 bridgehead atoms. The highest BCUT2D eigenvalue weighted by Gasteiger charge is 2.18. The standard InChI is InChI=1S/C19H16Cl2N2O4S2/c1-13-4-2-3-5-19(13)23-28(24,25)17-8-6-16(7-9-17)22-29(26,27)18-11-14(20)10-15(21)12-18/h2-12,22-23H,1H3. The predicted octanol–water partition coefficient (Wildman–Crippen LogP) is 4.90. The molecule has 2 N–H and O–H groups in total. The van der Waals surface area contributed by atoms with E-state index in [1.54, 1.807) is 31.2 Å². The molecule has 0 amide bonds. The topological polar surface area (TPSA) is 92.3 Å². The van der Waals surface area contributed by atoms with Crippen molar-refractivity contribution in [1.82, 2.24) is 0 Å². The number of sulfonamides is 2. The normalized spacial score (nSPS) is 11.8. The Kier molecular flexibility index (Phi) is 6.09. The first-order chi connectivity index (χ1) is 13.6. The van der Waals surface area contributed by atoms with Gasteiger partial charge in [0.1, 0.15) is 0 Å². The molecule has 0 aliphatic carbocycles. The van der Waals surface area contributed by atoms with Gasteiger partial charge in [-0.05, 0) is 61.0 Å². The largest absolute Gasteiger partial charge is 0.280 e. The molecule has 0 spiro atoms. The molecule has 0 aliphatic heterocycles. The van der Waals surface area contributed by atoms with E-state index in [2.05, 4.69) is 9.44 Å². The van der Waals surface area contributed by atoms with Crippen LogP contribution in [0.25, 0.3) is 0 Å². The molecule has 10 heteroatoms. The Morgan fingerprint density at radius 3 is 1.83 bits per heavy atom. The van der Waals surface area contributed by atoms with Crippen LogP contribution in [0.3, 0.4) is 0 Å². The lowest BCUT2D eigenvalue weighted by molar-refractivity contribution is 0.600. The van der Waals surface area contributed by atoms with Crippen molar-refractivity contribution in [2.24, 2.45) is 0 Å². The van der Waals surface area contributed by atoms with Gasteiger partial charge in [-0.3, -0.25) is 9.44 Å². The summed E-state index contributed by atoms with van der Waals surface area (Å²) >= 11 is 11.7. The van der Waals surface area contributed by atoms with Crippen LogP contribution in [0.5, 0.6) is 0 Å². The minimum Gasteiger partial charge on any atom is -0.280 e. The zero-order valence-electron chi connectivity index (χ0n) is 15.1. The molecule has 0 aromatic heterocycles. The number of aryl methyl sites for hydroxylation is 1. The molecule has 0 aliphatic rings. The first-order valence-corrected chi connectivity index (χ1v) is 12.0. The van der Waals surface area contributed by atoms with Crippen molar-refractivity contribution in [3.8, 4) is 0 Å². The maximum Gasteiger partial charge on any atom is 0.261 e. The van der Waals surface area contributed by atoms with Crippen molar-refractivity contribution in [1.29, 1.82) is 0 Å². The van der Waals surface area contributed by atoms with E-state index in [1.165, 1.54) is 42.5 Å². The monoisotopic (exact) mass is 470 g/mol. The Morgan fingerprint density at radius 2 is 1.24 bits per heavy atom. The second kappa shape index (κ2) is 8.23. The summed E-state index contributed by atoms with van der Waals surface area (Å²) in [6, 6.07) is 16.3. The molecule has 0 heterocycles. The summed E-state index contributed by atoms with van der Waals surface area (Å²) < 4.78 is 55.0. The van der Waals surface area contributed by atoms with Gasteiger partial charge in [-0.15, -0.1) is 0 Å². The Balaban J connectivity index is 1.82. The fourth-order valence-electron chi connectivity index (χ4n) is 2.49. The van der Waals surface area contributed by atoms with Gasteiger partial charge in [-0.1, -0.05) is 41.4 Å². The van der Waals surface area contributed by atoms with E-state index in [0.29, 0.717) is 5.69 Å². The summed E-state index contributed by atoms with van der Waals surface area (Å²) in [5.41, 5.74) is 1.44. The summed E-state index contributed by atoms with van der Waals surface area (Å²) in [7, 11) is -7.77. The molecule has 3 rings (SSSR count). The Hall–Kier alpha value is -2.26. The summed E-state index contributed by atoms with van der Waals surface area (Å²) in [6.45, 7) is 1.79. The lowest BCUT2D eigenvalue weighted by atomic mass is 10.2. The predicted molar refractivity (Wildman–Crippen MR) is 116 cm³/mol. The highest BCUT2D eigenvalue weighted by Crippen LogP contribution is 2.25. The number of halogens is 2. The van der Waals surface area contributed by atoms with Crippen molar-refractivity contribution < 1.29 is 16.8 Å². The molecule has 0 atom stereocenters. The third-order valence-electron chi connectivity index (χ3n) is 3.95. The van der Waals surface area contributed by atoms with Gasteiger partial charge in [-0.25, -0.2) is 16.8 Å². The Labute approximate surface area is 179 Å². The van der Waals surface area contributed by atoms with Gasteiger partial charge in [0.15, 0.2) is 0 Å². The molecule has 0 fully saturated rings. The minimum absolute atomic E-state index is 0.00509. The molecule has 0 saturated heterocycles. The fraction of sp³-hybridized carbons (Fsp3) is 0.0526. The number of benzene rings is 3. The van der Waals surface area contributed by atoms with E-state index in [4.69, 9.17) is 23.2 Å². The van der Waals surface area contributed by atoms with Gasteiger partial charge in [0, 0.05) is 15.7 Å². The summed E-state index contributed by atoms with van der Waals surface area (Å²) in [6.07, 6.45) is 0. The van der Waals surface area contributed by atoms with Gasteiger partial charge in [0.2, 0.25) is 0 Å². The Morgan fingerprint density at radius 1 is 0.690 bits per heavy atom. The molecule has 152 valence electrons. The third-order valence-corrected chi connectivity index (χ3v) is 7.13. The number of anilines is 2. The molecular formula is C19H16Cl2N2O4S2. The number of nitrogens with one attached hydrogen (secondary N) is 2. The lowest BCUT2D eigenvalue weighted by Crippen LogP contribution is -2.15. The highest BCUT2D eigenvalue weighted by molar-refractivity contribution is 7.93. The molecule has 3 aromatic carbocycles. The van der Waals surface area contributed by atoms with E-state index in [-0.39, 0.29) is 25.5 Å². The zero-order chi connectivity index (χ0) is 21.2. The zero-order valence-corrected chi connectivity index (χ0v) is 18.2. The van der Waals surface area contributed by atoms with Crippen LogP contribution in [0.1, 0.15) is 5.56 Å². The van der Waals surface area contributed by atoms with Gasteiger partial charge in [-0.2, -0.15) is 0 Å². The fourth-order valence-corrected chi connectivity index (χ4v) is 5.41. The van der Waals surface area contributed by atoms with Crippen LogP contribution in [0.4, 0.5) is 11.4 Å². The van der Waals surface area contributed by atoms with Gasteiger partial charge in [0.25, 0.3) is 20.0 Å². The van der Waals surface area contributed by atoms with Gasteiger partial charge < -0.3 is 0 Å². The number of para-hydroxylation sites is 1. The van der Waals surface area contributed by atoms with E-state index >= 15 is 0 Å². The van der Waals surface area contributed by atoms with Crippen LogP contribution >= 0.6 is 23.2 Å². The second-order valence-corrected chi connectivity index (χ2v) is 10.4. The molecule has 6 nitrogen and oxygen atoms in total. The lowest BCUT2D eigenvalue weighted by Gasteiger charge is -2.12. The summed E-state index contributed by atoms with van der Waals surface area (Å²) in [5.74, 6) is 0. The van der Waals surface area contributed by atoms with E-state index in [1.807, 2.05) is 0 Å². The maximum atomic E-state index is 12.6. The van der Waals surface area contributed by atoms with E-state index < -0.39 is 20.0 Å². The van der Waals surface area contributed by atoms with E-state index in [9.17, 15) is 16.8 Å². The average Bonchev–Trinajstić information content (AvgIpc) is 2.63. The van der Waals surface area contributed by atoms with Crippen LogP contribution in [0.15, 0.2) is 76.5 Å². The van der Waals surface area contributed by atoms with Crippen LogP contribution in [0, 0.1) is 6.92 Å². The summed E-state index contributed by atoms with van der Waals surface area (Å²) in [4.78, 5) is -0.109. The van der Waals surface area contributed by atoms with Crippen molar-refractivity contribution in [3.05, 3.63) is 82.3 Å². The van der Waals surface area contributed by atoms with Gasteiger partial charge >= 0.3 is 0 Å². The van der Waals surface area contributed by atoms with E-state index in [0.717, 1.165) is 5.56 Å². The van der Waals surface area contributed by atoms with Crippen molar-refractivity contribution in [3.63, 3.8) is 0 Å². The maximum absolute atomic E-state index is 12.6. The van der Waals surface area contributed by atoms with Crippen LogP contribution in [-0.2, 0) is 20.0 Å². The average molecular weight is 471 g/mol. The van der Waals surface area contributed by atoms with Crippen LogP contribution in [-0.4, -0.2) is 16.8 Å². The SMILES string of the molecule is Cc1ccccc1NS(=O)(=O)c1ccc(NS(=O)(=O)c2cc(Cl)cc(Cl)c2)cc1. The van der Waals surface area contributed by atoms with Crippen LogP contribution < -0.4 is 9.44 Å². The first kappa shape index (κ1) is 21.4. The van der Waals surface area contributed by atoms with Crippen molar-refractivity contribution >= 4 is 54.6 Å². The second-order valence-electron chi connectivity index (χ2n) is 6.16. The molecule has 0 unspecified atom stereocenters. The quantitative estimate of drug-likeness (QED) is 0.535. The van der Waals surface area contributed by atoms with Crippen molar-refractivity contribution in [2.45, 2.75) is 16.7 Å². The smallest absolute Gasteiger partial charge is 0.261 e. The van der Waals surface area contributed by atoms with Crippen molar-refractivity contribution in [2.75, 3.05) is 9.44 Å². The van der Waals surface area contributed by atoms with Crippen LogP contribution in [0.2, 0.25) is 10.0 Å².